The number of benzene rings is 4. The number of rotatable bonds is 8. The number of hydrogen-bond donors (Lipinski definition) is 0. The SMILES string of the molecule is CC1=C(C)[N+](c2[c-]c(Oc3[c-]c4c(cc3)c3c(c5ccc(Oc6[c-]c([N+]7=C=[N+](C)C(C)=C7C)ccc6)[c-]c5n3-c3ccccn3)n4-c3ccccn3)ccc2)=C=[N+]1C.[Pt+2].[Pt+2]. The molecule has 8 aromatic rings. The van der Waals surface area contributed by atoms with Gasteiger partial charge in [0.25, 0.3) is 22.8 Å². The van der Waals surface area contributed by atoms with Gasteiger partial charge in [0.1, 0.15) is 23.0 Å². The summed E-state index contributed by atoms with van der Waals surface area (Å²) in [5, 5.41) is 1.87. The van der Waals surface area contributed by atoms with Crippen LogP contribution in [0.2, 0.25) is 0 Å². The number of pyridine rings is 2. The van der Waals surface area contributed by atoms with E-state index >= 15 is 0 Å². The van der Waals surface area contributed by atoms with E-state index in [1.807, 2.05) is 117 Å². The topological polar surface area (TPSA) is 66.1 Å². The van der Waals surface area contributed by atoms with Crippen molar-refractivity contribution < 1.29 is 69.9 Å². The summed E-state index contributed by atoms with van der Waals surface area (Å²) in [6.45, 7) is 8.29. The molecule has 10 rings (SSSR count). The van der Waals surface area contributed by atoms with E-state index in [2.05, 4.69) is 85.2 Å². The molecule has 0 saturated heterocycles. The molecule has 0 atom stereocenters. The third-order valence-electron chi connectivity index (χ3n) is 10.8. The van der Waals surface area contributed by atoms with E-state index in [4.69, 9.17) is 19.4 Å². The van der Waals surface area contributed by atoms with Crippen molar-refractivity contribution >= 4 is 56.2 Å². The van der Waals surface area contributed by atoms with Gasteiger partial charge in [0.05, 0.1) is 0 Å². The summed E-state index contributed by atoms with van der Waals surface area (Å²) in [6.07, 6.45) is 3.59. The maximum Gasteiger partial charge on any atom is 2.00 e. The molecule has 6 heterocycles. The molecule has 296 valence electrons. The zero-order valence-electron chi connectivity index (χ0n) is 33.4. The van der Waals surface area contributed by atoms with E-state index in [0.29, 0.717) is 23.0 Å². The van der Waals surface area contributed by atoms with E-state index in [9.17, 15) is 0 Å². The largest absolute Gasteiger partial charge is 2.00 e. The van der Waals surface area contributed by atoms with Gasteiger partial charge in [0.2, 0.25) is 0 Å². The third-order valence-corrected chi connectivity index (χ3v) is 10.8. The second kappa shape index (κ2) is 16.1. The molecule has 0 fully saturated rings. The Kier molecular flexibility index (Phi) is 10.8. The molecule has 12 heteroatoms. The Morgan fingerprint density at radius 3 is 1.27 bits per heavy atom. The van der Waals surface area contributed by atoms with Crippen LogP contribution in [0, 0.1) is 24.3 Å². The average Bonchev–Trinajstić information content (AvgIpc) is 3.92. The number of allylic oxidation sites excluding steroid dienone is 4. The van der Waals surface area contributed by atoms with Gasteiger partial charge in [0, 0.05) is 74.1 Å². The van der Waals surface area contributed by atoms with Crippen LogP contribution in [0.1, 0.15) is 27.7 Å². The standard InChI is InChI=1S/C48H36N8O2.2Pt/c1-31-33(3)53(29-51(31)5)35-13-11-15-37(25-35)57-39-19-21-41-43(27-39)55(45-17-7-9-23-49-45)48-42-22-20-40(28-44(42)56(47(41)48)46-18-8-10-24-50-46)58-38-16-12-14-36(26-38)54-30-52(6)32(2)34(54)4;;/h7-24H,1-6H3;;/q;2*+2. The zero-order chi connectivity index (χ0) is 39.7. The molecule has 4 aromatic carbocycles. The minimum Gasteiger partial charge on any atom is -0.509 e. The van der Waals surface area contributed by atoms with Crippen molar-refractivity contribution in [2.24, 2.45) is 0 Å². The van der Waals surface area contributed by atoms with Crippen molar-refractivity contribution in [2.75, 3.05) is 14.1 Å². The van der Waals surface area contributed by atoms with Crippen molar-refractivity contribution in [3.63, 3.8) is 0 Å². The maximum absolute atomic E-state index is 6.49. The number of aromatic nitrogens is 4. The molecule has 0 saturated carbocycles. The van der Waals surface area contributed by atoms with Crippen LogP contribution in [-0.4, -0.2) is 63.5 Å². The molecule has 0 N–H and O–H groups in total. The molecule has 0 amide bonds. The first kappa shape index (κ1) is 40.5. The van der Waals surface area contributed by atoms with Gasteiger partial charge in [-0.2, -0.15) is 24.3 Å². The maximum atomic E-state index is 6.49. The molecule has 2 aliphatic rings. The molecule has 4 aromatic heterocycles. The van der Waals surface area contributed by atoms with Crippen LogP contribution in [0.3, 0.4) is 0 Å². The monoisotopic (exact) mass is 1150 g/mol. The number of hydrogen-bond acceptors (Lipinski definition) is 4. The van der Waals surface area contributed by atoms with E-state index in [1.165, 1.54) is 0 Å². The first-order valence-corrected chi connectivity index (χ1v) is 18.9. The van der Waals surface area contributed by atoms with Crippen LogP contribution in [0.5, 0.6) is 23.0 Å². The summed E-state index contributed by atoms with van der Waals surface area (Å²) >= 11 is 0. The molecule has 60 heavy (non-hydrogen) atoms. The molecule has 10 nitrogen and oxygen atoms in total. The normalized spacial score (nSPS) is 13.6. The van der Waals surface area contributed by atoms with E-state index in [1.54, 1.807) is 12.4 Å². The number of fused-ring (bicyclic) bond motifs is 5. The Bertz CT molecular complexity index is 3040. The smallest absolute Gasteiger partial charge is 0.509 e. The molecule has 0 radical (unpaired) electrons. The fourth-order valence-electron chi connectivity index (χ4n) is 7.51. The predicted molar refractivity (Wildman–Crippen MR) is 221 cm³/mol. The summed E-state index contributed by atoms with van der Waals surface area (Å²) in [4.78, 5) is 9.65. The fraction of sp³-hybridized carbons (Fsp3) is 0.125. The Labute approximate surface area is 375 Å². The van der Waals surface area contributed by atoms with Crippen molar-refractivity contribution in [3.05, 3.63) is 157 Å². The zero-order valence-corrected chi connectivity index (χ0v) is 38.0. The minimum atomic E-state index is 0. The van der Waals surface area contributed by atoms with Crippen molar-refractivity contribution in [1.82, 2.24) is 19.1 Å². The molecule has 0 bridgehead atoms. The van der Waals surface area contributed by atoms with Crippen LogP contribution in [0.4, 0.5) is 11.4 Å². The van der Waals surface area contributed by atoms with Gasteiger partial charge in [-0.25, -0.2) is 9.97 Å². The van der Waals surface area contributed by atoms with Gasteiger partial charge >= 0.3 is 54.1 Å². The van der Waals surface area contributed by atoms with Gasteiger partial charge in [0.15, 0.2) is 14.1 Å². The van der Waals surface area contributed by atoms with Crippen molar-refractivity contribution in [2.45, 2.75) is 27.7 Å². The summed E-state index contributed by atoms with van der Waals surface area (Å²) in [5.74, 6) is 3.68. The second-order valence-corrected chi connectivity index (χ2v) is 14.2. The Balaban J connectivity index is 0.00000249. The molecular weight excluding hydrogens is 1110 g/mol. The van der Waals surface area contributed by atoms with Gasteiger partial charge < -0.3 is 18.6 Å². The summed E-state index contributed by atoms with van der Waals surface area (Å²) in [7, 11) is 3.97. The van der Waals surface area contributed by atoms with Crippen LogP contribution in [0.25, 0.3) is 44.5 Å². The Morgan fingerprint density at radius 1 is 0.483 bits per heavy atom. The van der Waals surface area contributed by atoms with Crippen LogP contribution < -0.4 is 9.47 Å². The second-order valence-electron chi connectivity index (χ2n) is 14.2. The van der Waals surface area contributed by atoms with Crippen LogP contribution in [0.15, 0.2) is 132 Å². The summed E-state index contributed by atoms with van der Waals surface area (Å²) < 4.78 is 25.2. The number of ether oxygens (including phenoxy) is 2. The van der Waals surface area contributed by atoms with Crippen molar-refractivity contribution in [3.8, 4) is 34.6 Å². The molecule has 0 spiro atoms. The first-order chi connectivity index (χ1) is 28.2. The molecule has 2 aliphatic heterocycles. The van der Waals surface area contributed by atoms with Gasteiger partial charge in [-0.1, -0.05) is 76.5 Å². The summed E-state index contributed by atoms with van der Waals surface area (Å²) in [5.41, 5.74) is 9.54. The first-order valence-electron chi connectivity index (χ1n) is 18.9. The molecule has 0 aliphatic carbocycles. The fourth-order valence-corrected chi connectivity index (χ4v) is 7.51. The van der Waals surface area contributed by atoms with Gasteiger partial charge in [-0.3, -0.25) is 0 Å². The third kappa shape index (κ3) is 6.82. The van der Waals surface area contributed by atoms with Gasteiger partial charge in [-0.05, 0) is 24.3 Å². The minimum absolute atomic E-state index is 0. The average molecular weight is 1150 g/mol. The quantitative estimate of drug-likeness (QED) is 0.112. The van der Waals surface area contributed by atoms with E-state index < -0.39 is 0 Å². The van der Waals surface area contributed by atoms with Crippen molar-refractivity contribution in [1.29, 1.82) is 0 Å². The number of nitrogens with zero attached hydrogens (tertiary/aromatic N) is 8. The van der Waals surface area contributed by atoms with Crippen LogP contribution in [-0.2, 0) is 42.1 Å². The van der Waals surface area contributed by atoms with E-state index in [0.717, 1.165) is 78.6 Å². The van der Waals surface area contributed by atoms with E-state index in [-0.39, 0.29) is 42.1 Å². The Hall–Kier alpha value is -6.26. The Morgan fingerprint density at radius 2 is 0.900 bits per heavy atom. The summed E-state index contributed by atoms with van der Waals surface area (Å²) in [6, 6.07) is 52.2. The molecular formula is C48H36N8O2Pt2+4. The van der Waals surface area contributed by atoms with Crippen LogP contribution >= 0.6 is 0 Å². The predicted octanol–water partition coefficient (Wildman–Crippen LogP) is 9.75. The molecule has 0 unspecified atom stereocenters. The van der Waals surface area contributed by atoms with Gasteiger partial charge in [-0.15, -0.1) is 36.4 Å².